The van der Waals surface area contributed by atoms with Crippen molar-refractivity contribution >= 4 is 23.3 Å². The Bertz CT molecular complexity index is 1410. The van der Waals surface area contributed by atoms with Crippen molar-refractivity contribution in [1.29, 1.82) is 0 Å². The highest BCUT2D eigenvalue weighted by Gasteiger charge is 2.33. The Kier molecular flexibility index (Phi) is 5.91. The summed E-state index contributed by atoms with van der Waals surface area (Å²) in [4.78, 5) is 17.1. The minimum Gasteiger partial charge on any atom is -0.487 e. The van der Waals surface area contributed by atoms with Gasteiger partial charge in [0, 0.05) is 60.2 Å². The average molecular weight is 478 g/mol. The minimum absolute atomic E-state index is 0. The average Bonchev–Trinajstić information content (AvgIpc) is 3.10. The van der Waals surface area contributed by atoms with E-state index >= 15 is 0 Å². The van der Waals surface area contributed by atoms with Crippen molar-refractivity contribution in [1.82, 2.24) is 24.6 Å². The van der Waals surface area contributed by atoms with Crippen molar-refractivity contribution < 1.29 is 4.74 Å². The molecular formula is C26H28ClN5O2. The summed E-state index contributed by atoms with van der Waals surface area (Å²) in [5.74, 6) is 0.450. The summed E-state index contributed by atoms with van der Waals surface area (Å²) in [6.45, 7) is 2.29. The maximum absolute atomic E-state index is 12.9. The molecule has 4 aromatic rings. The minimum atomic E-state index is -0.217. The van der Waals surface area contributed by atoms with Crippen molar-refractivity contribution in [2.45, 2.75) is 51.3 Å². The highest BCUT2D eigenvalue weighted by molar-refractivity contribution is 5.88. The first kappa shape index (κ1) is 22.6. The summed E-state index contributed by atoms with van der Waals surface area (Å²) in [5.41, 5.74) is 6.45. The molecule has 2 bridgehead atoms. The van der Waals surface area contributed by atoms with Gasteiger partial charge in [0.1, 0.15) is 12.4 Å². The fourth-order valence-electron chi connectivity index (χ4n) is 5.33. The van der Waals surface area contributed by atoms with E-state index < -0.39 is 0 Å². The standard InChI is InChI=1S/C26H27N5O2.ClH/c1-16-6-7-17(13-27-16)15-33-20-12-25(32)31(28-14-20)19-8-9-21-23(11-19)30(2)24-10-18-4-3-5-22(29-18)26(21)24;/h6-9,11-14,18,22,29H,3-5,10,15H2,1-2H3;1H. The number of aromatic nitrogens is 4. The van der Waals surface area contributed by atoms with Crippen LogP contribution in [0.15, 0.2) is 53.6 Å². The quantitative estimate of drug-likeness (QED) is 0.477. The van der Waals surface area contributed by atoms with Gasteiger partial charge in [0.05, 0.1) is 17.4 Å². The number of nitrogens with zero attached hydrogens (tertiary/aromatic N) is 4. The van der Waals surface area contributed by atoms with E-state index in [9.17, 15) is 4.79 Å². The van der Waals surface area contributed by atoms with E-state index in [0.29, 0.717) is 24.4 Å². The first-order valence-corrected chi connectivity index (χ1v) is 11.6. The van der Waals surface area contributed by atoms with Crippen LogP contribution in [0.4, 0.5) is 0 Å². The largest absolute Gasteiger partial charge is 0.487 e. The monoisotopic (exact) mass is 477 g/mol. The molecule has 2 aliphatic heterocycles. The van der Waals surface area contributed by atoms with E-state index in [2.05, 4.69) is 39.1 Å². The van der Waals surface area contributed by atoms with Crippen molar-refractivity contribution in [2.24, 2.45) is 7.05 Å². The van der Waals surface area contributed by atoms with E-state index in [1.165, 1.54) is 46.7 Å². The van der Waals surface area contributed by atoms with E-state index in [-0.39, 0.29) is 18.0 Å². The molecule has 2 atom stereocenters. The molecule has 0 spiro atoms. The zero-order valence-corrected chi connectivity index (χ0v) is 20.1. The van der Waals surface area contributed by atoms with Gasteiger partial charge in [-0.25, -0.2) is 0 Å². The van der Waals surface area contributed by atoms with Crippen LogP contribution in [-0.4, -0.2) is 25.4 Å². The van der Waals surface area contributed by atoms with Gasteiger partial charge in [0.2, 0.25) is 0 Å². The van der Waals surface area contributed by atoms with E-state index in [0.717, 1.165) is 28.9 Å². The summed E-state index contributed by atoms with van der Waals surface area (Å²) < 4.78 is 9.50. The summed E-state index contributed by atoms with van der Waals surface area (Å²) in [7, 11) is 2.14. The topological polar surface area (TPSA) is 74.0 Å². The normalized spacial score (nSPS) is 18.9. The number of benzene rings is 1. The van der Waals surface area contributed by atoms with Crippen LogP contribution in [0.1, 0.15) is 47.8 Å². The van der Waals surface area contributed by atoms with Crippen LogP contribution in [0.3, 0.4) is 0 Å². The molecule has 0 radical (unpaired) electrons. The number of nitrogens with one attached hydrogen (secondary N) is 1. The van der Waals surface area contributed by atoms with Gasteiger partial charge in [-0.15, -0.1) is 12.4 Å². The maximum atomic E-state index is 12.9. The van der Waals surface area contributed by atoms with Crippen LogP contribution >= 0.6 is 12.4 Å². The van der Waals surface area contributed by atoms with Gasteiger partial charge >= 0.3 is 0 Å². The Morgan fingerprint density at radius 2 is 2.03 bits per heavy atom. The maximum Gasteiger partial charge on any atom is 0.275 e. The number of ether oxygens (including phenoxy) is 1. The third kappa shape index (κ3) is 3.89. The van der Waals surface area contributed by atoms with Gasteiger partial charge in [-0.3, -0.25) is 9.78 Å². The van der Waals surface area contributed by atoms with Crippen LogP contribution in [0.5, 0.6) is 5.75 Å². The summed E-state index contributed by atoms with van der Waals surface area (Å²) in [5, 5.41) is 9.46. The molecule has 5 heterocycles. The molecule has 7 nitrogen and oxygen atoms in total. The van der Waals surface area contributed by atoms with E-state index in [1.54, 1.807) is 12.4 Å². The fraction of sp³-hybridized carbons (Fsp3) is 0.346. The molecule has 1 N–H and O–H groups in total. The number of pyridine rings is 1. The molecule has 6 rings (SSSR count). The van der Waals surface area contributed by atoms with E-state index in [4.69, 9.17) is 4.74 Å². The van der Waals surface area contributed by atoms with Crippen LogP contribution < -0.4 is 15.6 Å². The second-order valence-corrected chi connectivity index (χ2v) is 9.21. The zero-order chi connectivity index (χ0) is 22.5. The Labute approximate surface area is 204 Å². The molecule has 2 unspecified atom stereocenters. The number of hydrogen-bond acceptors (Lipinski definition) is 5. The number of rotatable bonds is 4. The number of hydrogen-bond donors (Lipinski definition) is 1. The van der Waals surface area contributed by atoms with Crippen molar-refractivity contribution in [3.63, 3.8) is 0 Å². The predicted molar refractivity (Wildman–Crippen MR) is 134 cm³/mol. The summed E-state index contributed by atoms with van der Waals surface area (Å²) in [6, 6.07) is 12.6. The first-order chi connectivity index (χ1) is 16.1. The lowest BCUT2D eigenvalue weighted by molar-refractivity contribution is 0.299. The lowest BCUT2D eigenvalue weighted by atomic mass is 9.84. The van der Waals surface area contributed by atoms with Crippen LogP contribution in [0.25, 0.3) is 16.6 Å². The van der Waals surface area contributed by atoms with Crippen molar-refractivity contribution in [3.05, 3.63) is 81.7 Å². The Hall–Kier alpha value is -3.16. The zero-order valence-electron chi connectivity index (χ0n) is 19.3. The predicted octanol–water partition coefficient (Wildman–Crippen LogP) is 4.17. The Morgan fingerprint density at radius 3 is 2.82 bits per heavy atom. The van der Waals surface area contributed by atoms with Crippen LogP contribution in [-0.2, 0) is 20.1 Å². The number of piperidine rings is 1. The van der Waals surface area contributed by atoms with Gasteiger partial charge in [0.15, 0.2) is 0 Å². The van der Waals surface area contributed by atoms with Gasteiger partial charge < -0.3 is 14.6 Å². The molecule has 2 aliphatic rings. The van der Waals surface area contributed by atoms with Gasteiger partial charge in [-0.1, -0.05) is 12.1 Å². The van der Waals surface area contributed by atoms with Crippen LogP contribution in [0.2, 0.25) is 0 Å². The lowest BCUT2D eigenvalue weighted by Gasteiger charge is -2.36. The summed E-state index contributed by atoms with van der Waals surface area (Å²) in [6.07, 6.45) is 8.15. The molecule has 34 heavy (non-hydrogen) atoms. The molecule has 3 aromatic heterocycles. The third-order valence-electron chi connectivity index (χ3n) is 7.02. The third-order valence-corrected chi connectivity index (χ3v) is 7.02. The molecule has 0 aliphatic carbocycles. The first-order valence-electron chi connectivity index (χ1n) is 11.6. The molecule has 1 fully saturated rings. The van der Waals surface area contributed by atoms with E-state index in [1.807, 2.05) is 25.1 Å². The number of fused-ring (bicyclic) bond motifs is 6. The van der Waals surface area contributed by atoms with Gasteiger partial charge in [-0.2, -0.15) is 9.78 Å². The second-order valence-electron chi connectivity index (χ2n) is 9.21. The molecule has 1 aromatic carbocycles. The highest BCUT2D eigenvalue weighted by Crippen LogP contribution is 2.40. The number of halogens is 1. The molecule has 176 valence electrons. The van der Waals surface area contributed by atoms with Crippen molar-refractivity contribution in [2.75, 3.05) is 0 Å². The molecule has 0 amide bonds. The molecule has 0 saturated carbocycles. The van der Waals surface area contributed by atoms with Crippen LogP contribution in [0, 0.1) is 6.92 Å². The fourth-order valence-corrected chi connectivity index (χ4v) is 5.33. The van der Waals surface area contributed by atoms with Crippen molar-refractivity contribution in [3.8, 4) is 11.4 Å². The number of aryl methyl sites for hydroxylation is 2. The SMILES string of the molecule is Cc1ccc(COc2cnn(-c3ccc4c5c(n(C)c4c3)CC3CCCC5N3)c(=O)c2)cn1.Cl. The Balaban J connectivity index is 0.00000241. The molecule has 1 saturated heterocycles. The molecule has 8 heteroatoms. The summed E-state index contributed by atoms with van der Waals surface area (Å²) >= 11 is 0. The Morgan fingerprint density at radius 1 is 1.15 bits per heavy atom. The molecular weight excluding hydrogens is 450 g/mol. The lowest BCUT2D eigenvalue weighted by Crippen LogP contribution is -2.42. The second kappa shape index (κ2) is 8.89. The van der Waals surface area contributed by atoms with Gasteiger partial charge in [-0.05, 0) is 49.9 Å². The smallest absolute Gasteiger partial charge is 0.275 e. The van der Waals surface area contributed by atoms with Gasteiger partial charge in [0.25, 0.3) is 5.56 Å². The highest BCUT2D eigenvalue weighted by atomic mass is 35.5.